The lowest BCUT2D eigenvalue weighted by atomic mass is 9.88. The van der Waals surface area contributed by atoms with E-state index in [1.54, 1.807) is 6.20 Å². The number of rotatable bonds is 4. The molecule has 0 unspecified atom stereocenters. The minimum Gasteiger partial charge on any atom is -0.324 e. The zero-order valence-electron chi connectivity index (χ0n) is 15.1. The van der Waals surface area contributed by atoms with Crippen LogP contribution >= 0.6 is 0 Å². The first kappa shape index (κ1) is 17.9. The smallest absolute Gasteiger partial charge is 0.228 e. The minimum atomic E-state index is 0.0746. The Bertz CT molecular complexity index is 617. The number of pyridine rings is 1. The monoisotopic (exact) mass is 343 g/mol. The Labute approximate surface area is 150 Å². The van der Waals surface area contributed by atoms with Gasteiger partial charge in [0, 0.05) is 11.8 Å². The van der Waals surface area contributed by atoms with Crippen LogP contribution in [0.5, 0.6) is 0 Å². The summed E-state index contributed by atoms with van der Waals surface area (Å²) in [5.41, 5.74) is 1.67. The number of anilines is 2. The number of nitrogens with zero attached hydrogens (tertiary/aromatic N) is 1. The average molecular weight is 343 g/mol. The molecule has 5 nitrogen and oxygen atoms in total. The van der Waals surface area contributed by atoms with E-state index in [2.05, 4.69) is 15.6 Å². The Morgan fingerprint density at radius 2 is 1.40 bits per heavy atom. The molecule has 2 N–H and O–H groups in total. The molecule has 5 heteroatoms. The average Bonchev–Trinajstić information content (AvgIpc) is 2.65. The topological polar surface area (TPSA) is 71.1 Å². The molecule has 25 heavy (non-hydrogen) atoms. The Hall–Kier alpha value is -1.91. The first-order valence-electron chi connectivity index (χ1n) is 9.72. The number of hydrogen-bond acceptors (Lipinski definition) is 3. The third-order valence-electron chi connectivity index (χ3n) is 5.57. The van der Waals surface area contributed by atoms with Crippen LogP contribution in [0, 0.1) is 18.8 Å². The Morgan fingerprint density at radius 3 is 1.92 bits per heavy atom. The highest BCUT2D eigenvalue weighted by atomic mass is 16.2. The van der Waals surface area contributed by atoms with Gasteiger partial charge < -0.3 is 10.6 Å². The van der Waals surface area contributed by atoms with Gasteiger partial charge in [0.25, 0.3) is 0 Å². The fourth-order valence-electron chi connectivity index (χ4n) is 3.95. The summed E-state index contributed by atoms with van der Waals surface area (Å²) in [6.45, 7) is 1.94. The van der Waals surface area contributed by atoms with E-state index in [9.17, 15) is 9.59 Å². The van der Waals surface area contributed by atoms with E-state index >= 15 is 0 Å². The van der Waals surface area contributed by atoms with E-state index in [4.69, 9.17) is 0 Å². The van der Waals surface area contributed by atoms with Crippen LogP contribution in [0.1, 0.15) is 69.8 Å². The van der Waals surface area contributed by atoms with Crippen LogP contribution in [0.4, 0.5) is 11.5 Å². The molecule has 2 fully saturated rings. The molecule has 136 valence electrons. The summed E-state index contributed by atoms with van der Waals surface area (Å²) in [5, 5.41) is 5.94. The van der Waals surface area contributed by atoms with Crippen LogP contribution in [-0.4, -0.2) is 16.8 Å². The molecule has 0 saturated heterocycles. The maximum absolute atomic E-state index is 12.4. The lowest BCUT2D eigenvalue weighted by Gasteiger charge is -2.22. The molecule has 0 aromatic carbocycles. The van der Waals surface area contributed by atoms with Crippen LogP contribution in [0.3, 0.4) is 0 Å². The molecule has 0 bridgehead atoms. The second-order valence-electron chi connectivity index (χ2n) is 7.53. The molecule has 1 heterocycles. The van der Waals surface area contributed by atoms with E-state index in [-0.39, 0.29) is 23.7 Å². The van der Waals surface area contributed by atoms with Crippen LogP contribution < -0.4 is 10.6 Å². The lowest BCUT2D eigenvalue weighted by molar-refractivity contribution is -0.121. The normalized spacial score (nSPS) is 19.4. The molecule has 1 aromatic heterocycles. The highest BCUT2D eigenvalue weighted by Crippen LogP contribution is 2.27. The van der Waals surface area contributed by atoms with Gasteiger partial charge in [-0.15, -0.1) is 0 Å². The summed E-state index contributed by atoms with van der Waals surface area (Å²) in [5.74, 6) is 0.985. The van der Waals surface area contributed by atoms with Crippen molar-refractivity contribution in [1.29, 1.82) is 0 Å². The van der Waals surface area contributed by atoms with Crippen molar-refractivity contribution in [3.05, 3.63) is 17.8 Å². The van der Waals surface area contributed by atoms with E-state index < -0.39 is 0 Å². The Kier molecular flexibility index (Phi) is 6.05. The highest BCUT2D eigenvalue weighted by molar-refractivity contribution is 5.94. The molecular formula is C20H29N3O2. The van der Waals surface area contributed by atoms with E-state index in [0.717, 1.165) is 62.6 Å². The molecule has 2 aliphatic rings. The maximum atomic E-state index is 12.4. The number of aromatic nitrogens is 1. The van der Waals surface area contributed by atoms with Crippen LogP contribution in [-0.2, 0) is 9.59 Å². The number of carbonyl (C=O) groups is 2. The fraction of sp³-hybridized carbons (Fsp3) is 0.650. The van der Waals surface area contributed by atoms with Gasteiger partial charge in [-0.1, -0.05) is 38.5 Å². The number of carbonyl (C=O) groups excluding carboxylic acids is 2. The third kappa shape index (κ3) is 4.80. The van der Waals surface area contributed by atoms with Crippen molar-refractivity contribution >= 4 is 23.3 Å². The number of nitrogens with one attached hydrogen (secondary N) is 2. The van der Waals surface area contributed by atoms with Crippen molar-refractivity contribution in [1.82, 2.24) is 4.98 Å². The molecule has 0 atom stereocenters. The van der Waals surface area contributed by atoms with Gasteiger partial charge in [0.05, 0.1) is 11.9 Å². The molecule has 0 spiro atoms. The highest BCUT2D eigenvalue weighted by Gasteiger charge is 2.23. The second kappa shape index (κ2) is 8.45. The molecule has 2 aliphatic carbocycles. The molecular weight excluding hydrogens is 314 g/mol. The predicted molar refractivity (Wildman–Crippen MR) is 99.4 cm³/mol. The van der Waals surface area contributed by atoms with Crippen LogP contribution in [0.2, 0.25) is 0 Å². The quantitative estimate of drug-likeness (QED) is 0.849. The summed E-state index contributed by atoms with van der Waals surface area (Å²) in [7, 11) is 0. The number of hydrogen-bond donors (Lipinski definition) is 2. The molecule has 0 radical (unpaired) electrons. The first-order chi connectivity index (χ1) is 12.1. The van der Waals surface area contributed by atoms with Gasteiger partial charge in [-0.05, 0) is 44.2 Å². The van der Waals surface area contributed by atoms with Crippen molar-refractivity contribution in [2.45, 2.75) is 71.1 Å². The van der Waals surface area contributed by atoms with Crippen molar-refractivity contribution in [3.63, 3.8) is 0 Å². The lowest BCUT2D eigenvalue weighted by Crippen LogP contribution is -2.26. The SMILES string of the molecule is Cc1cc(NC(=O)C2CCCCC2)ncc1NC(=O)C1CCCCC1. The largest absolute Gasteiger partial charge is 0.324 e. The zero-order valence-corrected chi connectivity index (χ0v) is 15.1. The maximum Gasteiger partial charge on any atom is 0.228 e. The van der Waals surface area contributed by atoms with Gasteiger partial charge in [0.15, 0.2) is 0 Å². The minimum absolute atomic E-state index is 0.0746. The molecule has 1 aromatic rings. The van der Waals surface area contributed by atoms with Crippen LogP contribution in [0.25, 0.3) is 0 Å². The van der Waals surface area contributed by atoms with E-state index in [0.29, 0.717) is 5.82 Å². The predicted octanol–water partition coefficient (Wildman–Crippen LogP) is 4.43. The zero-order chi connectivity index (χ0) is 17.6. The van der Waals surface area contributed by atoms with Gasteiger partial charge in [0.1, 0.15) is 5.82 Å². The van der Waals surface area contributed by atoms with Gasteiger partial charge in [0.2, 0.25) is 11.8 Å². The van der Waals surface area contributed by atoms with Crippen LogP contribution in [0.15, 0.2) is 12.3 Å². The summed E-state index contributed by atoms with van der Waals surface area (Å²) in [6, 6.07) is 1.84. The fourth-order valence-corrected chi connectivity index (χ4v) is 3.95. The standard InChI is InChI=1S/C20H29N3O2/c1-14-12-18(23-20(25)16-10-6-3-7-11-16)21-13-17(14)22-19(24)15-8-4-2-5-9-15/h12-13,15-16H,2-11H2,1H3,(H,22,24)(H,21,23,25). The second-order valence-corrected chi connectivity index (χ2v) is 7.53. The first-order valence-corrected chi connectivity index (χ1v) is 9.72. The molecule has 2 amide bonds. The van der Waals surface area contributed by atoms with Crippen molar-refractivity contribution in [2.75, 3.05) is 10.6 Å². The summed E-state index contributed by atoms with van der Waals surface area (Å²) in [6.07, 6.45) is 12.6. The summed E-state index contributed by atoms with van der Waals surface area (Å²) in [4.78, 5) is 29.0. The third-order valence-corrected chi connectivity index (χ3v) is 5.57. The van der Waals surface area contributed by atoms with E-state index in [1.807, 2.05) is 13.0 Å². The Balaban J connectivity index is 1.58. The van der Waals surface area contributed by atoms with Crippen molar-refractivity contribution in [3.8, 4) is 0 Å². The van der Waals surface area contributed by atoms with Gasteiger partial charge in [-0.25, -0.2) is 4.98 Å². The summed E-state index contributed by atoms with van der Waals surface area (Å²) < 4.78 is 0. The van der Waals surface area contributed by atoms with Crippen molar-refractivity contribution < 1.29 is 9.59 Å². The number of aryl methyl sites for hydroxylation is 1. The summed E-state index contributed by atoms with van der Waals surface area (Å²) >= 11 is 0. The Morgan fingerprint density at radius 1 is 0.880 bits per heavy atom. The number of amides is 2. The van der Waals surface area contributed by atoms with Crippen molar-refractivity contribution in [2.24, 2.45) is 11.8 Å². The van der Waals surface area contributed by atoms with Gasteiger partial charge in [-0.2, -0.15) is 0 Å². The van der Waals surface area contributed by atoms with Gasteiger partial charge in [-0.3, -0.25) is 9.59 Å². The molecule has 2 saturated carbocycles. The molecule has 3 rings (SSSR count). The van der Waals surface area contributed by atoms with E-state index in [1.165, 1.54) is 12.8 Å². The van der Waals surface area contributed by atoms with Gasteiger partial charge >= 0.3 is 0 Å². The molecule has 0 aliphatic heterocycles.